The van der Waals surface area contributed by atoms with Crippen LogP contribution in [-0.2, 0) is 13.1 Å². The van der Waals surface area contributed by atoms with Crippen LogP contribution >= 0.6 is 0 Å². The van der Waals surface area contributed by atoms with Gasteiger partial charge in [0, 0.05) is 19.3 Å². The van der Waals surface area contributed by atoms with E-state index >= 15 is 0 Å². The maximum absolute atomic E-state index is 12.6. The van der Waals surface area contributed by atoms with Gasteiger partial charge in [0.05, 0.1) is 5.56 Å². The number of amides is 1. The zero-order valence-electron chi connectivity index (χ0n) is 15.6. The Hall–Kier alpha value is -3.67. The van der Waals surface area contributed by atoms with Crippen LogP contribution in [0.1, 0.15) is 22.8 Å². The standard InChI is InChI=1S/C22H21N5O/c1-2-27-20-19(26-22(27)23)12-18(14-24-20)21(28)25-13-15-7-6-10-17(11-15)16-8-4-3-5-9-16/h3-12,14H,2,13H2,1H3,(H2,23,26)(H,25,28). The van der Waals surface area contributed by atoms with E-state index in [-0.39, 0.29) is 5.91 Å². The van der Waals surface area contributed by atoms with E-state index in [1.807, 2.05) is 41.8 Å². The number of imidazole rings is 1. The summed E-state index contributed by atoms with van der Waals surface area (Å²) in [6, 6.07) is 20.0. The number of carbonyl (C=O) groups is 1. The van der Waals surface area contributed by atoms with E-state index < -0.39 is 0 Å². The Kier molecular flexibility index (Phi) is 4.76. The highest BCUT2D eigenvalue weighted by Gasteiger charge is 2.12. The Morgan fingerprint density at radius 3 is 2.64 bits per heavy atom. The van der Waals surface area contributed by atoms with Crippen LogP contribution in [0.5, 0.6) is 0 Å². The Bertz CT molecular complexity index is 1130. The van der Waals surface area contributed by atoms with E-state index in [9.17, 15) is 4.79 Å². The minimum atomic E-state index is -0.191. The lowest BCUT2D eigenvalue weighted by Crippen LogP contribution is -2.23. The molecule has 0 saturated carbocycles. The number of hydrogen-bond acceptors (Lipinski definition) is 4. The third-order valence-electron chi connectivity index (χ3n) is 4.68. The first-order chi connectivity index (χ1) is 13.7. The Morgan fingerprint density at radius 2 is 1.86 bits per heavy atom. The van der Waals surface area contributed by atoms with Crippen LogP contribution in [0.15, 0.2) is 66.9 Å². The van der Waals surface area contributed by atoms with Crippen molar-refractivity contribution in [2.75, 3.05) is 5.73 Å². The number of nitrogens with one attached hydrogen (secondary N) is 1. The largest absolute Gasteiger partial charge is 0.369 e. The number of nitrogen functional groups attached to an aromatic ring is 1. The predicted octanol–water partition coefficient (Wildman–Crippen LogP) is 3.63. The van der Waals surface area contributed by atoms with Crippen LogP contribution < -0.4 is 11.1 Å². The van der Waals surface area contributed by atoms with Crippen LogP contribution in [0.4, 0.5) is 5.95 Å². The molecule has 0 aliphatic heterocycles. The summed E-state index contributed by atoms with van der Waals surface area (Å²) in [7, 11) is 0. The van der Waals surface area contributed by atoms with Gasteiger partial charge < -0.3 is 11.1 Å². The minimum Gasteiger partial charge on any atom is -0.369 e. The fraction of sp³-hybridized carbons (Fsp3) is 0.136. The molecule has 6 heteroatoms. The molecule has 2 heterocycles. The van der Waals surface area contributed by atoms with Gasteiger partial charge in [-0.05, 0) is 35.7 Å². The highest BCUT2D eigenvalue weighted by atomic mass is 16.1. The van der Waals surface area contributed by atoms with Crippen molar-refractivity contribution in [2.45, 2.75) is 20.0 Å². The van der Waals surface area contributed by atoms with E-state index in [4.69, 9.17) is 5.73 Å². The average molecular weight is 371 g/mol. The lowest BCUT2D eigenvalue weighted by atomic mass is 10.0. The molecular formula is C22H21N5O. The topological polar surface area (TPSA) is 85.8 Å². The molecule has 0 atom stereocenters. The smallest absolute Gasteiger partial charge is 0.253 e. The number of rotatable bonds is 5. The number of fused-ring (bicyclic) bond motifs is 1. The zero-order chi connectivity index (χ0) is 19.5. The normalized spacial score (nSPS) is 10.9. The predicted molar refractivity (Wildman–Crippen MR) is 111 cm³/mol. The molecule has 140 valence electrons. The molecule has 2 aromatic heterocycles. The second-order valence-electron chi connectivity index (χ2n) is 6.53. The number of aromatic nitrogens is 3. The Balaban J connectivity index is 1.49. The van der Waals surface area contributed by atoms with Gasteiger partial charge in [-0.3, -0.25) is 9.36 Å². The quantitative estimate of drug-likeness (QED) is 0.561. The van der Waals surface area contributed by atoms with Crippen molar-refractivity contribution in [2.24, 2.45) is 0 Å². The van der Waals surface area contributed by atoms with Gasteiger partial charge in [-0.25, -0.2) is 9.97 Å². The van der Waals surface area contributed by atoms with E-state index in [0.29, 0.717) is 35.8 Å². The Labute approximate surface area is 163 Å². The first-order valence-electron chi connectivity index (χ1n) is 9.20. The minimum absolute atomic E-state index is 0.191. The van der Waals surface area contributed by atoms with Gasteiger partial charge in [0.2, 0.25) is 5.95 Å². The Morgan fingerprint density at radius 1 is 1.07 bits per heavy atom. The summed E-state index contributed by atoms with van der Waals surface area (Å²) in [6.07, 6.45) is 1.56. The number of carbonyl (C=O) groups excluding carboxylic acids is 1. The highest BCUT2D eigenvalue weighted by molar-refractivity contribution is 5.96. The summed E-state index contributed by atoms with van der Waals surface area (Å²) >= 11 is 0. The maximum atomic E-state index is 12.6. The summed E-state index contributed by atoms with van der Waals surface area (Å²) < 4.78 is 1.81. The highest BCUT2D eigenvalue weighted by Crippen LogP contribution is 2.20. The van der Waals surface area contributed by atoms with Crippen LogP contribution in [-0.4, -0.2) is 20.4 Å². The van der Waals surface area contributed by atoms with Crippen LogP contribution in [0.2, 0.25) is 0 Å². The number of hydrogen-bond donors (Lipinski definition) is 2. The number of nitrogens with two attached hydrogens (primary N) is 1. The van der Waals surface area contributed by atoms with Gasteiger partial charge in [0.15, 0.2) is 5.65 Å². The van der Waals surface area contributed by atoms with Gasteiger partial charge in [-0.15, -0.1) is 0 Å². The van der Waals surface area contributed by atoms with E-state index in [1.165, 1.54) is 0 Å². The monoisotopic (exact) mass is 371 g/mol. The van der Waals surface area contributed by atoms with E-state index in [1.54, 1.807) is 12.3 Å². The molecule has 3 N–H and O–H groups in total. The van der Waals surface area contributed by atoms with Crippen molar-refractivity contribution in [1.82, 2.24) is 19.9 Å². The van der Waals surface area contributed by atoms with Crippen molar-refractivity contribution in [3.8, 4) is 11.1 Å². The molecular weight excluding hydrogens is 350 g/mol. The van der Waals surface area contributed by atoms with Crippen molar-refractivity contribution in [1.29, 1.82) is 0 Å². The van der Waals surface area contributed by atoms with Crippen molar-refractivity contribution in [3.05, 3.63) is 78.0 Å². The molecule has 6 nitrogen and oxygen atoms in total. The van der Waals surface area contributed by atoms with Crippen molar-refractivity contribution >= 4 is 23.0 Å². The second kappa shape index (κ2) is 7.52. The van der Waals surface area contributed by atoms with Crippen LogP contribution in [0.3, 0.4) is 0 Å². The average Bonchev–Trinajstić information content (AvgIpc) is 3.06. The van der Waals surface area contributed by atoms with Gasteiger partial charge in [-0.2, -0.15) is 0 Å². The fourth-order valence-corrected chi connectivity index (χ4v) is 3.24. The zero-order valence-corrected chi connectivity index (χ0v) is 15.6. The maximum Gasteiger partial charge on any atom is 0.253 e. The lowest BCUT2D eigenvalue weighted by molar-refractivity contribution is 0.0950. The summed E-state index contributed by atoms with van der Waals surface area (Å²) in [5, 5.41) is 2.95. The van der Waals surface area contributed by atoms with Gasteiger partial charge in [0.25, 0.3) is 5.91 Å². The number of anilines is 1. The first-order valence-corrected chi connectivity index (χ1v) is 9.20. The van der Waals surface area contributed by atoms with Crippen molar-refractivity contribution < 1.29 is 4.79 Å². The second-order valence-corrected chi connectivity index (χ2v) is 6.53. The molecule has 4 rings (SSSR count). The third-order valence-corrected chi connectivity index (χ3v) is 4.68. The molecule has 1 amide bonds. The number of pyridine rings is 1. The number of benzene rings is 2. The molecule has 0 aliphatic rings. The summed E-state index contributed by atoms with van der Waals surface area (Å²) in [6.45, 7) is 3.09. The van der Waals surface area contributed by atoms with E-state index in [2.05, 4.69) is 39.6 Å². The molecule has 0 bridgehead atoms. The summed E-state index contributed by atoms with van der Waals surface area (Å²) in [5.41, 5.74) is 11.0. The molecule has 0 unspecified atom stereocenters. The molecule has 0 saturated heterocycles. The van der Waals surface area contributed by atoms with Gasteiger partial charge >= 0.3 is 0 Å². The van der Waals surface area contributed by atoms with Gasteiger partial charge in [0.1, 0.15) is 5.52 Å². The van der Waals surface area contributed by atoms with Crippen molar-refractivity contribution in [3.63, 3.8) is 0 Å². The fourth-order valence-electron chi connectivity index (χ4n) is 3.24. The number of aryl methyl sites for hydroxylation is 1. The summed E-state index contributed by atoms with van der Waals surface area (Å²) in [4.78, 5) is 21.2. The van der Waals surface area contributed by atoms with Crippen LogP contribution in [0.25, 0.3) is 22.3 Å². The molecule has 2 aromatic carbocycles. The van der Waals surface area contributed by atoms with Crippen LogP contribution in [0, 0.1) is 0 Å². The van der Waals surface area contributed by atoms with Gasteiger partial charge in [-0.1, -0.05) is 48.5 Å². The molecule has 0 fully saturated rings. The van der Waals surface area contributed by atoms with E-state index in [0.717, 1.165) is 16.7 Å². The third kappa shape index (κ3) is 3.44. The molecule has 4 aromatic rings. The SMILES string of the molecule is CCn1c(N)nc2cc(C(=O)NCc3cccc(-c4ccccc4)c3)cnc21. The molecule has 0 radical (unpaired) electrons. The molecule has 28 heavy (non-hydrogen) atoms. The lowest BCUT2D eigenvalue weighted by Gasteiger charge is -2.08. The summed E-state index contributed by atoms with van der Waals surface area (Å²) in [5.74, 6) is 0.212. The molecule has 0 aliphatic carbocycles. The first kappa shape index (κ1) is 17.7. The molecule has 0 spiro atoms. The number of nitrogens with zero attached hydrogens (tertiary/aromatic N) is 3.